The lowest BCUT2D eigenvalue weighted by Gasteiger charge is -1.90. The molecule has 0 aliphatic carbocycles. The summed E-state index contributed by atoms with van der Waals surface area (Å²) in [6.07, 6.45) is 0.902. The van der Waals surface area contributed by atoms with Crippen molar-refractivity contribution in [1.82, 2.24) is 0 Å². The third-order valence-corrected chi connectivity index (χ3v) is 0.757. The Morgan fingerprint density at radius 2 is 2.29 bits per heavy atom. The van der Waals surface area contributed by atoms with Gasteiger partial charge in [0.1, 0.15) is 0 Å². The van der Waals surface area contributed by atoms with Gasteiger partial charge in [-0.15, -0.1) is 11.8 Å². The summed E-state index contributed by atoms with van der Waals surface area (Å²) >= 11 is 4.13. The smallest absolute Gasteiger partial charge is 0.0203 e. The maximum atomic E-state index is 4.13. The van der Waals surface area contributed by atoms with E-state index in [1.165, 1.54) is 0 Å². The molecule has 0 fully saturated rings. The fourth-order valence-electron chi connectivity index (χ4n) is 0.250. The van der Waals surface area contributed by atoms with Crippen LogP contribution in [0.1, 0.15) is 20.3 Å². The SMILES string of the molecule is CC#CCC(C)S. The molecule has 1 heteroatoms. The number of thiol groups is 1. The van der Waals surface area contributed by atoms with Crippen molar-refractivity contribution >= 4 is 12.6 Å². The normalized spacial score (nSPS) is 11.9. The van der Waals surface area contributed by atoms with Gasteiger partial charge in [-0.1, -0.05) is 6.92 Å². The number of rotatable bonds is 1. The molecule has 0 nitrogen and oxygen atoms in total. The fraction of sp³-hybridized carbons (Fsp3) is 0.667. The molecule has 0 aromatic heterocycles. The van der Waals surface area contributed by atoms with Gasteiger partial charge in [0, 0.05) is 11.7 Å². The minimum absolute atomic E-state index is 0.424. The molecule has 0 saturated carbocycles. The van der Waals surface area contributed by atoms with Crippen molar-refractivity contribution in [2.45, 2.75) is 25.5 Å². The molecule has 0 N–H and O–H groups in total. The van der Waals surface area contributed by atoms with Crippen LogP contribution < -0.4 is 0 Å². The Balaban J connectivity index is 3.08. The topological polar surface area (TPSA) is 0 Å². The van der Waals surface area contributed by atoms with E-state index >= 15 is 0 Å². The molecule has 0 heterocycles. The maximum Gasteiger partial charge on any atom is 0.0203 e. The molecule has 1 unspecified atom stereocenters. The Bertz CT molecular complexity index is 84.1. The summed E-state index contributed by atoms with van der Waals surface area (Å²) < 4.78 is 0. The predicted octanol–water partition coefficient (Wildman–Crippen LogP) is 1.72. The molecule has 0 spiro atoms. The molecule has 0 radical (unpaired) electrons. The first-order valence-corrected chi connectivity index (χ1v) is 2.86. The zero-order chi connectivity index (χ0) is 5.70. The Kier molecular flexibility index (Phi) is 4.03. The molecule has 0 bridgehead atoms. The molecule has 0 aliphatic rings. The molecule has 1 atom stereocenters. The second-order valence-electron chi connectivity index (χ2n) is 1.48. The van der Waals surface area contributed by atoms with Crippen LogP contribution in [0.15, 0.2) is 0 Å². The van der Waals surface area contributed by atoms with Gasteiger partial charge in [-0.05, 0) is 6.92 Å². The van der Waals surface area contributed by atoms with Crippen LogP contribution in [0.3, 0.4) is 0 Å². The second kappa shape index (κ2) is 4.08. The molecule has 0 saturated heterocycles. The van der Waals surface area contributed by atoms with Crippen molar-refractivity contribution < 1.29 is 0 Å². The highest BCUT2D eigenvalue weighted by Gasteiger charge is 1.84. The lowest BCUT2D eigenvalue weighted by molar-refractivity contribution is 1.02. The van der Waals surface area contributed by atoms with E-state index in [1.54, 1.807) is 0 Å². The van der Waals surface area contributed by atoms with Crippen LogP contribution in [0.2, 0.25) is 0 Å². The van der Waals surface area contributed by atoms with Gasteiger partial charge >= 0.3 is 0 Å². The second-order valence-corrected chi connectivity index (χ2v) is 2.36. The number of hydrogen-bond acceptors (Lipinski definition) is 1. The highest BCUT2D eigenvalue weighted by Crippen LogP contribution is 1.95. The summed E-state index contributed by atoms with van der Waals surface area (Å²) in [4.78, 5) is 0. The molecule has 0 aromatic rings. The zero-order valence-corrected chi connectivity index (χ0v) is 5.63. The third-order valence-electron chi connectivity index (χ3n) is 0.574. The van der Waals surface area contributed by atoms with Gasteiger partial charge in [0.25, 0.3) is 0 Å². The van der Waals surface area contributed by atoms with Crippen molar-refractivity contribution in [3.05, 3.63) is 0 Å². The highest BCUT2D eigenvalue weighted by atomic mass is 32.1. The van der Waals surface area contributed by atoms with E-state index in [9.17, 15) is 0 Å². The summed E-state index contributed by atoms with van der Waals surface area (Å²) in [5.41, 5.74) is 0. The van der Waals surface area contributed by atoms with Gasteiger partial charge in [0.05, 0.1) is 0 Å². The lowest BCUT2D eigenvalue weighted by Crippen LogP contribution is -1.84. The van der Waals surface area contributed by atoms with E-state index < -0.39 is 0 Å². The summed E-state index contributed by atoms with van der Waals surface area (Å²) in [7, 11) is 0. The van der Waals surface area contributed by atoms with Crippen molar-refractivity contribution in [2.75, 3.05) is 0 Å². The first-order valence-electron chi connectivity index (χ1n) is 2.35. The van der Waals surface area contributed by atoms with Crippen LogP contribution >= 0.6 is 12.6 Å². The highest BCUT2D eigenvalue weighted by molar-refractivity contribution is 7.80. The van der Waals surface area contributed by atoms with Gasteiger partial charge < -0.3 is 0 Å². The van der Waals surface area contributed by atoms with Gasteiger partial charge in [0.2, 0.25) is 0 Å². The van der Waals surface area contributed by atoms with Gasteiger partial charge in [0.15, 0.2) is 0 Å². The molecule has 7 heavy (non-hydrogen) atoms. The predicted molar refractivity (Wildman–Crippen MR) is 36.5 cm³/mol. The van der Waals surface area contributed by atoms with Gasteiger partial charge in [-0.2, -0.15) is 12.6 Å². The zero-order valence-electron chi connectivity index (χ0n) is 4.73. The maximum absolute atomic E-state index is 4.13. The molecule has 40 valence electrons. The first kappa shape index (κ1) is 6.91. The molecular weight excluding hydrogens is 104 g/mol. The average Bonchev–Trinajstić information content (AvgIpc) is 1.61. The molecule has 0 aromatic carbocycles. The van der Waals surface area contributed by atoms with Crippen molar-refractivity contribution in [1.29, 1.82) is 0 Å². The van der Waals surface area contributed by atoms with Gasteiger partial charge in [-0.25, -0.2) is 0 Å². The first-order chi connectivity index (χ1) is 3.27. The minimum atomic E-state index is 0.424. The van der Waals surface area contributed by atoms with Crippen molar-refractivity contribution in [3.8, 4) is 11.8 Å². The summed E-state index contributed by atoms with van der Waals surface area (Å²) in [5.74, 6) is 5.72. The monoisotopic (exact) mass is 114 g/mol. The van der Waals surface area contributed by atoms with Crippen LogP contribution in [0, 0.1) is 11.8 Å². The largest absolute Gasteiger partial charge is 0.175 e. The minimum Gasteiger partial charge on any atom is -0.175 e. The Labute approximate surface area is 50.7 Å². The molecular formula is C6H10S. The van der Waals surface area contributed by atoms with Crippen molar-refractivity contribution in [3.63, 3.8) is 0 Å². The summed E-state index contributed by atoms with van der Waals surface area (Å²) in [5, 5.41) is 0.424. The number of hydrogen-bond donors (Lipinski definition) is 1. The Morgan fingerprint density at radius 1 is 1.71 bits per heavy atom. The van der Waals surface area contributed by atoms with E-state index in [-0.39, 0.29) is 0 Å². The third kappa shape index (κ3) is 5.91. The standard InChI is InChI=1S/C6H10S/c1-3-4-5-6(2)7/h6-7H,5H2,1-2H3. The van der Waals surface area contributed by atoms with E-state index in [0.717, 1.165) is 6.42 Å². The van der Waals surface area contributed by atoms with Crippen LogP contribution in [0.5, 0.6) is 0 Å². The van der Waals surface area contributed by atoms with E-state index in [2.05, 4.69) is 24.5 Å². The van der Waals surface area contributed by atoms with Crippen LogP contribution in [0.25, 0.3) is 0 Å². The quantitative estimate of drug-likeness (QED) is 0.389. The van der Waals surface area contributed by atoms with Crippen LogP contribution in [-0.4, -0.2) is 5.25 Å². The Hall–Kier alpha value is -0.0900. The Morgan fingerprint density at radius 3 is 2.43 bits per heavy atom. The molecule has 0 amide bonds. The van der Waals surface area contributed by atoms with E-state index in [4.69, 9.17) is 0 Å². The van der Waals surface area contributed by atoms with E-state index in [0.29, 0.717) is 5.25 Å². The summed E-state index contributed by atoms with van der Waals surface area (Å²) in [6, 6.07) is 0. The van der Waals surface area contributed by atoms with Crippen molar-refractivity contribution in [2.24, 2.45) is 0 Å². The molecule has 0 aliphatic heterocycles. The lowest BCUT2D eigenvalue weighted by atomic mass is 10.3. The van der Waals surface area contributed by atoms with Gasteiger partial charge in [-0.3, -0.25) is 0 Å². The summed E-state index contributed by atoms with van der Waals surface area (Å²) in [6.45, 7) is 3.88. The molecule has 0 rings (SSSR count). The average molecular weight is 114 g/mol. The van der Waals surface area contributed by atoms with E-state index in [1.807, 2.05) is 13.8 Å². The van der Waals surface area contributed by atoms with Crippen LogP contribution in [-0.2, 0) is 0 Å². The fourth-order valence-corrected chi connectivity index (χ4v) is 0.341. The van der Waals surface area contributed by atoms with Crippen LogP contribution in [0.4, 0.5) is 0 Å².